The Morgan fingerprint density at radius 1 is 0.962 bits per heavy atom. The maximum absolute atomic E-state index is 13.8. The highest BCUT2D eigenvalue weighted by Crippen LogP contribution is 2.32. The van der Waals surface area contributed by atoms with Gasteiger partial charge in [0, 0.05) is 12.1 Å². The normalized spacial score (nSPS) is 15.3. The average molecular weight is 376 g/mol. The zero-order valence-corrected chi connectivity index (χ0v) is 13.3. The first-order chi connectivity index (χ1) is 12.2. The molecule has 0 saturated heterocycles. The summed E-state index contributed by atoms with van der Waals surface area (Å²) in [6.07, 6.45) is -1.30. The fourth-order valence-electron chi connectivity index (χ4n) is 2.73. The molecule has 1 aliphatic rings. The third kappa shape index (κ3) is 4.00. The lowest BCUT2D eigenvalue weighted by molar-refractivity contribution is -0.141. The lowest BCUT2D eigenvalue weighted by atomic mass is 10.2. The molecule has 1 aromatic carbocycles. The SMILES string of the molecule is Fc1ccc(Nc2cc(C(F)(F)F)nc(NC3CCCC3)n2)c(F)c1F. The van der Waals surface area contributed by atoms with Crippen LogP contribution in [0.2, 0.25) is 0 Å². The first-order valence-corrected chi connectivity index (χ1v) is 7.87. The molecular weight excluding hydrogens is 362 g/mol. The monoisotopic (exact) mass is 376 g/mol. The van der Waals surface area contributed by atoms with E-state index in [-0.39, 0.29) is 12.0 Å². The molecule has 1 aromatic heterocycles. The molecule has 0 radical (unpaired) electrons. The predicted molar refractivity (Wildman–Crippen MR) is 82.5 cm³/mol. The van der Waals surface area contributed by atoms with Gasteiger partial charge in [0.15, 0.2) is 23.1 Å². The minimum atomic E-state index is -4.75. The molecule has 0 aliphatic heterocycles. The molecule has 0 spiro atoms. The molecule has 0 unspecified atom stereocenters. The van der Waals surface area contributed by atoms with Crippen molar-refractivity contribution in [2.75, 3.05) is 10.6 Å². The van der Waals surface area contributed by atoms with E-state index < -0.39 is 40.8 Å². The number of hydrogen-bond acceptors (Lipinski definition) is 4. The van der Waals surface area contributed by atoms with Crippen molar-refractivity contribution < 1.29 is 26.3 Å². The molecule has 2 N–H and O–H groups in total. The van der Waals surface area contributed by atoms with Gasteiger partial charge in [0.05, 0.1) is 5.69 Å². The van der Waals surface area contributed by atoms with E-state index >= 15 is 0 Å². The fourth-order valence-corrected chi connectivity index (χ4v) is 2.73. The Labute approximate surface area is 144 Å². The van der Waals surface area contributed by atoms with Crippen LogP contribution in [-0.2, 0) is 6.18 Å². The molecule has 3 rings (SSSR count). The van der Waals surface area contributed by atoms with Crippen LogP contribution in [0, 0.1) is 17.5 Å². The Kier molecular flexibility index (Phi) is 4.92. The summed E-state index contributed by atoms with van der Waals surface area (Å²) in [6.45, 7) is 0. The van der Waals surface area contributed by atoms with Crippen LogP contribution in [0.1, 0.15) is 31.4 Å². The van der Waals surface area contributed by atoms with Gasteiger partial charge >= 0.3 is 6.18 Å². The Balaban J connectivity index is 1.93. The van der Waals surface area contributed by atoms with Gasteiger partial charge in [-0.15, -0.1) is 0 Å². The van der Waals surface area contributed by atoms with Gasteiger partial charge in [-0.3, -0.25) is 0 Å². The summed E-state index contributed by atoms with van der Waals surface area (Å²) in [6, 6.07) is 2.05. The Morgan fingerprint density at radius 3 is 2.31 bits per heavy atom. The lowest BCUT2D eigenvalue weighted by Gasteiger charge is -2.16. The van der Waals surface area contributed by atoms with Gasteiger partial charge in [0.2, 0.25) is 5.95 Å². The first-order valence-electron chi connectivity index (χ1n) is 7.87. The topological polar surface area (TPSA) is 49.8 Å². The summed E-state index contributed by atoms with van der Waals surface area (Å²) in [7, 11) is 0. The van der Waals surface area contributed by atoms with E-state index in [9.17, 15) is 26.3 Å². The maximum Gasteiger partial charge on any atom is 0.433 e. The molecule has 1 heterocycles. The lowest BCUT2D eigenvalue weighted by Crippen LogP contribution is -2.19. The number of alkyl halides is 3. The van der Waals surface area contributed by atoms with E-state index in [1.54, 1.807) is 0 Å². The minimum Gasteiger partial charge on any atom is -0.351 e. The van der Waals surface area contributed by atoms with Crippen LogP contribution in [0.3, 0.4) is 0 Å². The van der Waals surface area contributed by atoms with E-state index in [2.05, 4.69) is 20.6 Å². The number of halogens is 6. The van der Waals surface area contributed by atoms with Crippen LogP contribution in [0.5, 0.6) is 0 Å². The second-order valence-electron chi connectivity index (χ2n) is 5.93. The van der Waals surface area contributed by atoms with E-state index in [0.717, 1.165) is 31.7 Å². The van der Waals surface area contributed by atoms with Gasteiger partial charge in [-0.2, -0.15) is 18.2 Å². The Hall–Kier alpha value is -2.52. The fraction of sp³-hybridized carbons (Fsp3) is 0.375. The second kappa shape index (κ2) is 7.00. The average Bonchev–Trinajstić information content (AvgIpc) is 3.07. The van der Waals surface area contributed by atoms with Crippen molar-refractivity contribution in [2.24, 2.45) is 0 Å². The number of nitrogens with zero attached hydrogens (tertiary/aromatic N) is 2. The van der Waals surface area contributed by atoms with Crippen molar-refractivity contribution in [3.63, 3.8) is 0 Å². The maximum atomic E-state index is 13.8. The minimum absolute atomic E-state index is 0.0497. The van der Waals surface area contributed by atoms with Crippen molar-refractivity contribution in [2.45, 2.75) is 37.9 Å². The third-order valence-corrected chi connectivity index (χ3v) is 4.00. The van der Waals surface area contributed by atoms with Gasteiger partial charge in [-0.25, -0.2) is 18.2 Å². The van der Waals surface area contributed by atoms with Crippen LogP contribution in [-0.4, -0.2) is 16.0 Å². The first kappa shape index (κ1) is 18.3. The zero-order valence-electron chi connectivity index (χ0n) is 13.3. The van der Waals surface area contributed by atoms with Crippen LogP contribution >= 0.6 is 0 Å². The summed E-state index contributed by atoms with van der Waals surface area (Å²) in [5.41, 5.74) is -1.78. The largest absolute Gasteiger partial charge is 0.433 e. The second-order valence-corrected chi connectivity index (χ2v) is 5.93. The smallest absolute Gasteiger partial charge is 0.351 e. The number of rotatable bonds is 4. The molecule has 2 aromatic rings. The molecule has 26 heavy (non-hydrogen) atoms. The number of aromatic nitrogens is 2. The summed E-state index contributed by atoms with van der Waals surface area (Å²) >= 11 is 0. The summed E-state index contributed by atoms with van der Waals surface area (Å²) < 4.78 is 79.2. The number of benzene rings is 1. The van der Waals surface area contributed by atoms with Gasteiger partial charge in [0.1, 0.15) is 5.82 Å². The standard InChI is InChI=1S/C16H14F6N4/c17-9-5-6-10(14(19)13(9)18)24-12-7-11(16(20,21)22)25-15(26-12)23-8-3-1-2-4-8/h5-8H,1-4H2,(H2,23,24,25,26). The van der Waals surface area contributed by atoms with Gasteiger partial charge in [-0.05, 0) is 25.0 Å². The van der Waals surface area contributed by atoms with Crippen molar-refractivity contribution in [1.29, 1.82) is 0 Å². The summed E-state index contributed by atoms with van der Waals surface area (Å²) in [5, 5.41) is 5.07. The Morgan fingerprint density at radius 2 is 1.65 bits per heavy atom. The van der Waals surface area contributed by atoms with Crippen molar-refractivity contribution in [3.05, 3.63) is 41.3 Å². The van der Waals surface area contributed by atoms with E-state index in [0.29, 0.717) is 12.1 Å². The third-order valence-electron chi connectivity index (χ3n) is 4.00. The molecule has 0 bridgehead atoms. The van der Waals surface area contributed by atoms with Crippen molar-refractivity contribution in [1.82, 2.24) is 9.97 Å². The highest BCUT2D eigenvalue weighted by atomic mass is 19.4. The number of hydrogen-bond donors (Lipinski definition) is 2. The van der Waals surface area contributed by atoms with Gasteiger partial charge in [-0.1, -0.05) is 12.8 Å². The molecule has 0 amide bonds. The number of nitrogens with one attached hydrogen (secondary N) is 2. The van der Waals surface area contributed by atoms with Crippen molar-refractivity contribution >= 4 is 17.5 Å². The van der Waals surface area contributed by atoms with Crippen LogP contribution in [0.25, 0.3) is 0 Å². The molecule has 4 nitrogen and oxygen atoms in total. The highest BCUT2D eigenvalue weighted by Gasteiger charge is 2.34. The molecule has 1 saturated carbocycles. The van der Waals surface area contributed by atoms with Crippen LogP contribution < -0.4 is 10.6 Å². The van der Waals surface area contributed by atoms with Gasteiger partial charge < -0.3 is 10.6 Å². The quantitative estimate of drug-likeness (QED) is 0.582. The molecule has 1 fully saturated rings. The number of anilines is 3. The van der Waals surface area contributed by atoms with E-state index in [1.807, 2.05) is 0 Å². The zero-order chi connectivity index (χ0) is 18.9. The van der Waals surface area contributed by atoms with Gasteiger partial charge in [0.25, 0.3) is 0 Å². The summed E-state index contributed by atoms with van der Waals surface area (Å²) in [4.78, 5) is 7.33. The van der Waals surface area contributed by atoms with E-state index in [1.165, 1.54) is 0 Å². The Bertz CT molecular complexity index is 802. The predicted octanol–water partition coefficient (Wildman–Crippen LogP) is 5.01. The van der Waals surface area contributed by atoms with Crippen LogP contribution in [0.15, 0.2) is 18.2 Å². The molecule has 0 atom stereocenters. The molecular formula is C16H14F6N4. The van der Waals surface area contributed by atoms with Crippen LogP contribution in [0.4, 0.5) is 43.8 Å². The molecule has 140 valence electrons. The molecule has 10 heteroatoms. The van der Waals surface area contributed by atoms with Crippen molar-refractivity contribution in [3.8, 4) is 0 Å². The summed E-state index contributed by atoms with van der Waals surface area (Å²) in [5.74, 6) is -5.35. The van der Waals surface area contributed by atoms with E-state index in [4.69, 9.17) is 0 Å². The molecule has 1 aliphatic carbocycles. The highest BCUT2D eigenvalue weighted by molar-refractivity contribution is 5.58.